The van der Waals surface area contributed by atoms with E-state index in [9.17, 15) is 28.8 Å². The number of hydrogen-bond donors (Lipinski definition) is 6. The fraction of sp³-hybridized carbons (Fsp3) is 0.273. The molecule has 2 saturated heterocycles. The van der Waals surface area contributed by atoms with Crippen LogP contribution in [0.2, 0.25) is 0 Å². The first-order chi connectivity index (χ1) is 17.5. The lowest BCUT2D eigenvalue weighted by Crippen LogP contribution is -2.52. The SMILES string of the molecule is NC1CCC(=O)NC1=O.Nc1cc(C(=O)Cl)ccn1.Nc1cc(C(=O)NC2CCC(=O)NC2=O)ccn1. The number of imide groups is 2. The van der Waals surface area contributed by atoms with E-state index in [2.05, 4.69) is 25.9 Å². The van der Waals surface area contributed by atoms with Gasteiger partial charge >= 0.3 is 0 Å². The van der Waals surface area contributed by atoms with Gasteiger partial charge in [-0.25, -0.2) is 9.97 Å². The molecular formula is C22H25ClN8O6. The molecule has 4 heterocycles. The highest BCUT2D eigenvalue weighted by Crippen LogP contribution is 2.08. The van der Waals surface area contributed by atoms with Crippen LogP contribution < -0.4 is 33.2 Å². The monoisotopic (exact) mass is 532 g/mol. The third kappa shape index (κ3) is 9.62. The molecule has 2 fully saturated rings. The Morgan fingerprint density at radius 3 is 1.84 bits per heavy atom. The van der Waals surface area contributed by atoms with Gasteiger partial charge in [0, 0.05) is 36.4 Å². The van der Waals surface area contributed by atoms with Gasteiger partial charge in [0.15, 0.2) is 0 Å². The van der Waals surface area contributed by atoms with Crippen LogP contribution in [0, 0.1) is 0 Å². The van der Waals surface area contributed by atoms with Gasteiger partial charge in [-0.3, -0.25) is 39.4 Å². The van der Waals surface area contributed by atoms with Crippen LogP contribution in [0.25, 0.3) is 0 Å². The van der Waals surface area contributed by atoms with Crippen LogP contribution in [0.15, 0.2) is 36.7 Å². The zero-order valence-corrected chi connectivity index (χ0v) is 20.2. The number of hydrogen-bond acceptors (Lipinski definition) is 11. The van der Waals surface area contributed by atoms with E-state index in [1.807, 2.05) is 0 Å². The number of nitrogens with zero attached hydrogens (tertiary/aromatic N) is 2. The molecule has 0 saturated carbocycles. The number of nitrogens with two attached hydrogens (primary N) is 3. The highest BCUT2D eigenvalue weighted by atomic mass is 35.5. The van der Waals surface area contributed by atoms with Gasteiger partial charge in [0.05, 0.1) is 6.04 Å². The van der Waals surface area contributed by atoms with Crippen molar-refractivity contribution in [2.45, 2.75) is 37.8 Å². The van der Waals surface area contributed by atoms with E-state index in [0.717, 1.165) is 0 Å². The largest absolute Gasteiger partial charge is 0.384 e. The second-order valence-corrected chi connectivity index (χ2v) is 8.09. The molecule has 37 heavy (non-hydrogen) atoms. The number of amides is 5. The summed E-state index contributed by atoms with van der Waals surface area (Å²) in [5, 5.41) is 6.32. The summed E-state index contributed by atoms with van der Waals surface area (Å²) in [5.74, 6) is -1.27. The first-order valence-corrected chi connectivity index (χ1v) is 11.2. The molecule has 2 aromatic rings. The Bertz CT molecular complexity index is 1210. The number of anilines is 2. The molecule has 0 bridgehead atoms. The molecule has 2 aromatic heterocycles. The lowest BCUT2D eigenvalue weighted by molar-refractivity contribution is -0.135. The minimum atomic E-state index is -0.690. The van der Waals surface area contributed by atoms with E-state index < -0.39 is 29.1 Å². The van der Waals surface area contributed by atoms with Crippen molar-refractivity contribution in [2.75, 3.05) is 11.5 Å². The summed E-state index contributed by atoms with van der Waals surface area (Å²) in [6.45, 7) is 0. The zero-order valence-electron chi connectivity index (χ0n) is 19.4. The Morgan fingerprint density at radius 1 is 0.865 bits per heavy atom. The third-order valence-electron chi connectivity index (χ3n) is 4.88. The van der Waals surface area contributed by atoms with Gasteiger partial charge in [0.25, 0.3) is 11.1 Å². The first kappa shape index (κ1) is 28.8. The predicted octanol–water partition coefficient (Wildman–Crippen LogP) is -1.01. The smallest absolute Gasteiger partial charge is 0.252 e. The molecule has 0 aliphatic carbocycles. The van der Waals surface area contributed by atoms with Crippen LogP contribution in [0.4, 0.5) is 11.6 Å². The van der Waals surface area contributed by atoms with Crippen molar-refractivity contribution in [3.8, 4) is 0 Å². The molecular weight excluding hydrogens is 508 g/mol. The van der Waals surface area contributed by atoms with Crippen molar-refractivity contribution in [1.29, 1.82) is 0 Å². The van der Waals surface area contributed by atoms with Gasteiger partial charge in [0.1, 0.15) is 17.7 Å². The first-order valence-electron chi connectivity index (χ1n) is 10.8. The van der Waals surface area contributed by atoms with Crippen LogP contribution in [0.3, 0.4) is 0 Å². The Morgan fingerprint density at radius 2 is 1.38 bits per heavy atom. The van der Waals surface area contributed by atoms with Crippen LogP contribution in [-0.4, -0.2) is 56.8 Å². The van der Waals surface area contributed by atoms with E-state index in [1.165, 1.54) is 36.7 Å². The van der Waals surface area contributed by atoms with Crippen molar-refractivity contribution < 1.29 is 28.8 Å². The van der Waals surface area contributed by atoms with Crippen molar-refractivity contribution in [2.24, 2.45) is 5.73 Å². The summed E-state index contributed by atoms with van der Waals surface area (Å²) in [7, 11) is 0. The van der Waals surface area contributed by atoms with Crippen molar-refractivity contribution in [1.82, 2.24) is 25.9 Å². The molecule has 2 unspecified atom stereocenters. The summed E-state index contributed by atoms with van der Waals surface area (Å²) in [6.07, 6.45) is 4.21. The number of carbonyl (C=O) groups excluding carboxylic acids is 6. The summed E-state index contributed by atoms with van der Waals surface area (Å²) >= 11 is 5.15. The Hall–Kier alpha value is -4.43. The van der Waals surface area contributed by atoms with E-state index >= 15 is 0 Å². The van der Waals surface area contributed by atoms with Crippen molar-refractivity contribution >= 4 is 58.0 Å². The zero-order chi connectivity index (χ0) is 27.5. The fourth-order valence-corrected chi connectivity index (χ4v) is 3.06. The van der Waals surface area contributed by atoms with Crippen molar-refractivity contribution in [3.63, 3.8) is 0 Å². The molecule has 196 valence electrons. The molecule has 14 nitrogen and oxygen atoms in total. The molecule has 0 spiro atoms. The Kier molecular flexibility index (Phi) is 10.6. The highest BCUT2D eigenvalue weighted by molar-refractivity contribution is 6.67. The minimum Gasteiger partial charge on any atom is -0.384 e. The summed E-state index contributed by atoms with van der Waals surface area (Å²) in [5.41, 5.74) is 16.7. The molecule has 5 amide bonds. The van der Waals surface area contributed by atoms with Crippen molar-refractivity contribution in [3.05, 3.63) is 47.8 Å². The Balaban J connectivity index is 0.000000214. The predicted molar refractivity (Wildman–Crippen MR) is 131 cm³/mol. The van der Waals surface area contributed by atoms with Crippen LogP contribution in [0.1, 0.15) is 46.4 Å². The Labute approximate surface area is 215 Å². The topological polar surface area (TPSA) is 242 Å². The number of rotatable bonds is 3. The maximum Gasteiger partial charge on any atom is 0.252 e. The summed E-state index contributed by atoms with van der Waals surface area (Å²) in [4.78, 5) is 73.2. The third-order valence-corrected chi connectivity index (χ3v) is 5.10. The molecule has 9 N–H and O–H groups in total. The highest BCUT2D eigenvalue weighted by Gasteiger charge is 2.28. The lowest BCUT2D eigenvalue weighted by Gasteiger charge is -2.21. The number of pyridine rings is 2. The molecule has 2 aliphatic heterocycles. The van der Waals surface area contributed by atoms with Crippen LogP contribution >= 0.6 is 11.6 Å². The maximum atomic E-state index is 11.8. The van der Waals surface area contributed by atoms with Gasteiger partial charge in [-0.15, -0.1) is 0 Å². The van der Waals surface area contributed by atoms with Gasteiger partial charge < -0.3 is 22.5 Å². The van der Waals surface area contributed by atoms with Gasteiger partial charge in [-0.1, -0.05) is 0 Å². The number of nitrogen functional groups attached to an aromatic ring is 2. The summed E-state index contributed by atoms with van der Waals surface area (Å²) < 4.78 is 0. The number of nitrogens with one attached hydrogen (secondary N) is 3. The number of piperidine rings is 2. The molecule has 0 radical (unpaired) electrons. The number of aromatic nitrogens is 2. The standard InChI is InChI=1S/C11H12N4O3.C6H5ClN2O.C5H8N2O2/c12-8-5-6(3-4-13-8)10(17)14-7-1-2-9(16)15-11(7)18;7-6(10)4-1-2-9-5(8)3-4;6-3-1-2-4(8)7-5(3)9/h3-5,7H,1-2H2,(H2,12,13)(H,14,17)(H,15,16,18);1-3H,(H2,8,9);3H,1-2,6H2,(H,7,8,9). The van der Waals surface area contributed by atoms with Crippen LogP contribution in [-0.2, 0) is 19.2 Å². The minimum absolute atomic E-state index is 0.217. The molecule has 2 atom stereocenters. The molecule has 0 aromatic carbocycles. The van der Waals surface area contributed by atoms with E-state index in [4.69, 9.17) is 28.8 Å². The lowest BCUT2D eigenvalue weighted by atomic mass is 10.1. The molecule has 2 aliphatic rings. The maximum absolute atomic E-state index is 11.8. The van der Waals surface area contributed by atoms with Crippen LogP contribution in [0.5, 0.6) is 0 Å². The van der Waals surface area contributed by atoms with Gasteiger partial charge in [-0.05, 0) is 48.7 Å². The normalized spacial score (nSPS) is 18.6. The van der Waals surface area contributed by atoms with E-state index in [1.54, 1.807) is 0 Å². The molecule has 15 heteroatoms. The fourth-order valence-electron chi connectivity index (χ4n) is 2.94. The summed E-state index contributed by atoms with van der Waals surface area (Å²) in [6, 6.07) is 4.67. The average Bonchev–Trinajstić information content (AvgIpc) is 2.84. The average molecular weight is 533 g/mol. The second kappa shape index (κ2) is 13.6. The van der Waals surface area contributed by atoms with Gasteiger partial charge in [-0.2, -0.15) is 0 Å². The van der Waals surface area contributed by atoms with E-state index in [0.29, 0.717) is 36.2 Å². The van der Waals surface area contributed by atoms with E-state index in [-0.39, 0.29) is 30.0 Å². The molecule has 4 rings (SSSR count). The van der Waals surface area contributed by atoms with Gasteiger partial charge in [0.2, 0.25) is 23.6 Å². The number of halogens is 1. The second-order valence-electron chi connectivity index (χ2n) is 7.75. The quantitative estimate of drug-likeness (QED) is 0.206. The number of carbonyl (C=O) groups is 6.